The summed E-state index contributed by atoms with van der Waals surface area (Å²) in [5, 5.41) is 9.95. The van der Waals surface area contributed by atoms with Crippen molar-refractivity contribution in [3.8, 4) is 17.2 Å². The summed E-state index contributed by atoms with van der Waals surface area (Å²) in [4.78, 5) is 23.4. The molecular formula is C12H14O7. The number of rotatable bonds is 4. The first-order valence-electron chi connectivity index (χ1n) is 5.16. The lowest BCUT2D eigenvalue weighted by atomic mass is 10.0. The second kappa shape index (κ2) is 5.94. The van der Waals surface area contributed by atoms with E-state index < -0.39 is 17.7 Å². The number of carbonyl (C=O) groups excluding carboxylic acids is 2. The fraction of sp³-hybridized carbons (Fsp3) is 0.333. The monoisotopic (exact) mass is 270 g/mol. The van der Waals surface area contributed by atoms with Crippen molar-refractivity contribution >= 4 is 11.9 Å². The van der Waals surface area contributed by atoms with E-state index in [1.54, 1.807) is 0 Å². The van der Waals surface area contributed by atoms with Crippen LogP contribution in [0.3, 0.4) is 0 Å². The summed E-state index contributed by atoms with van der Waals surface area (Å²) in [6.45, 7) is 0. The van der Waals surface area contributed by atoms with Crippen LogP contribution in [0.25, 0.3) is 0 Å². The largest absolute Gasteiger partial charge is 0.504 e. The molecule has 0 aliphatic rings. The molecule has 0 atom stereocenters. The molecule has 7 heteroatoms. The van der Waals surface area contributed by atoms with Crippen molar-refractivity contribution < 1.29 is 33.6 Å². The Morgan fingerprint density at radius 3 is 1.79 bits per heavy atom. The molecule has 0 heterocycles. The molecule has 1 N–H and O–H groups in total. The highest BCUT2D eigenvalue weighted by Crippen LogP contribution is 2.39. The molecule has 0 aliphatic carbocycles. The summed E-state index contributed by atoms with van der Waals surface area (Å²) in [6.07, 6.45) is 0. The molecule has 1 aromatic carbocycles. The van der Waals surface area contributed by atoms with Crippen LogP contribution in [0.4, 0.5) is 0 Å². The summed E-state index contributed by atoms with van der Waals surface area (Å²) in [6, 6.07) is 1.27. The Bertz CT molecular complexity index is 507. The van der Waals surface area contributed by atoms with Crippen molar-refractivity contribution in [3.63, 3.8) is 0 Å². The fourth-order valence-electron chi connectivity index (χ4n) is 1.55. The highest BCUT2D eigenvalue weighted by atomic mass is 16.5. The first-order valence-corrected chi connectivity index (χ1v) is 5.16. The van der Waals surface area contributed by atoms with Gasteiger partial charge in [-0.25, -0.2) is 9.59 Å². The van der Waals surface area contributed by atoms with Crippen molar-refractivity contribution in [2.45, 2.75) is 0 Å². The first-order chi connectivity index (χ1) is 9.01. The Labute approximate surface area is 109 Å². The van der Waals surface area contributed by atoms with E-state index in [4.69, 9.17) is 9.47 Å². The summed E-state index contributed by atoms with van der Waals surface area (Å²) in [5.41, 5.74) is -0.597. The van der Waals surface area contributed by atoms with Gasteiger partial charge in [0, 0.05) is 6.07 Å². The highest BCUT2D eigenvalue weighted by molar-refractivity contribution is 6.07. The van der Waals surface area contributed by atoms with Crippen molar-refractivity contribution in [1.82, 2.24) is 0 Å². The van der Waals surface area contributed by atoms with Crippen LogP contribution in [0.2, 0.25) is 0 Å². The number of phenolic OH excluding ortho intramolecular Hbond substituents is 1. The zero-order valence-corrected chi connectivity index (χ0v) is 11.0. The zero-order chi connectivity index (χ0) is 14.6. The molecule has 1 rings (SSSR count). The van der Waals surface area contributed by atoms with Gasteiger partial charge >= 0.3 is 11.9 Å². The molecule has 0 aromatic heterocycles. The number of methoxy groups -OCH3 is 4. The minimum Gasteiger partial charge on any atom is -0.504 e. The minimum atomic E-state index is -0.907. The van der Waals surface area contributed by atoms with Gasteiger partial charge in [0.05, 0.1) is 28.4 Å². The molecule has 0 bridgehead atoms. The van der Waals surface area contributed by atoms with Crippen molar-refractivity contribution in [1.29, 1.82) is 0 Å². The number of esters is 2. The van der Waals surface area contributed by atoms with Crippen LogP contribution in [0.5, 0.6) is 17.2 Å². The normalized spacial score (nSPS) is 9.68. The summed E-state index contributed by atoms with van der Waals surface area (Å²) < 4.78 is 19.0. The third-order valence-electron chi connectivity index (χ3n) is 2.45. The average molecular weight is 270 g/mol. The van der Waals surface area contributed by atoms with Gasteiger partial charge < -0.3 is 24.1 Å². The number of aromatic hydroxyl groups is 1. The summed E-state index contributed by atoms with van der Waals surface area (Å²) in [5.74, 6) is -2.26. The fourth-order valence-corrected chi connectivity index (χ4v) is 1.55. The maximum Gasteiger partial charge on any atom is 0.342 e. The average Bonchev–Trinajstić information content (AvgIpc) is 2.44. The van der Waals surface area contributed by atoms with Crippen LogP contribution < -0.4 is 9.47 Å². The van der Waals surface area contributed by atoms with E-state index >= 15 is 0 Å². The van der Waals surface area contributed by atoms with Crippen LogP contribution in [0.15, 0.2) is 6.07 Å². The van der Waals surface area contributed by atoms with Gasteiger partial charge in [-0.1, -0.05) is 0 Å². The molecule has 0 unspecified atom stereocenters. The van der Waals surface area contributed by atoms with E-state index in [1.807, 2.05) is 0 Å². The van der Waals surface area contributed by atoms with E-state index in [0.717, 1.165) is 14.2 Å². The third kappa shape index (κ3) is 2.54. The van der Waals surface area contributed by atoms with Crippen molar-refractivity contribution in [2.24, 2.45) is 0 Å². The van der Waals surface area contributed by atoms with Crippen LogP contribution in [0, 0.1) is 0 Å². The molecule has 1 aromatic rings. The molecular weight excluding hydrogens is 256 g/mol. The minimum absolute atomic E-state index is 0.0232. The van der Waals surface area contributed by atoms with Gasteiger partial charge in [0.25, 0.3) is 0 Å². The number of carbonyl (C=O) groups is 2. The van der Waals surface area contributed by atoms with E-state index in [1.165, 1.54) is 20.3 Å². The molecule has 0 saturated heterocycles. The quantitative estimate of drug-likeness (QED) is 0.815. The molecule has 19 heavy (non-hydrogen) atoms. The predicted octanol–water partition coefficient (Wildman–Crippen LogP) is 0.983. The van der Waals surface area contributed by atoms with Gasteiger partial charge in [-0.05, 0) is 0 Å². The Morgan fingerprint density at radius 2 is 1.37 bits per heavy atom. The lowest BCUT2D eigenvalue weighted by molar-refractivity contribution is 0.0548. The molecule has 0 radical (unpaired) electrons. The molecule has 0 fully saturated rings. The number of ether oxygens (including phenoxy) is 4. The standard InChI is InChI=1S/C12H14O7/c1-16-6-5-7(17-2)10(13)9(12(15)19-4)8(6)11(14)18-3/h5,13H,1-4H3. The van der Waals surface area contributed by atoms with Crippen LogP contribution >= 0.6 is 0 Å². The van der Waals surface area contributed by atoms with Crippen molar-refractivity contribution in [2.75, 3.05) is 28.4 Å². The van der Waals surface area contributed by atoms with Gasteiger partial charge in [-0.3, -0.25) is 0 Å². The number of hydrogen-bond donors (Lipinski definition) is 1. The van der Waals surface area contributed by atoms with E-state index in [0.29, 0.717) is 0 Å². The molecule has 7 nitrogen and oxygen atoms in total. The topological polar surface area (TPSA) is 91.3 Å². The van der Waals surface area contributed by atoms with Crippen LogP contribution in [-0.2, 0) is 9.47 Å². The van der Waals surface area contributed by atoms with Gasteiger partial charge in [-0.15, -0.1) is 0 Å². The van der Waals surface area contributed by atoms with Gasteiger partial charge in [-0.2, -0.15) is 0 Å². The number of benzene rings is 1. The van der Waals surface area contributed by atoms with Gasteiger partial charge in [0.2, 0.25) is 0 Å². The summed E-state index contributed by atoms with van der Waals surface area (Å²) in [7, 11) is 4.87. The molecule has 104 valence electrons. The molecule has 0 amide bonds. The van der Waals surface area contributed by atoms with Crippen LogP contribution in [-0.4, -0.2) is 45.5 Å². The van der Waals surface area contributed by atoms with E-state index in [9.17, 15) is 14.7 Å². The predicted molar refractivity (Wildman–Crippen MR) is 63.9 cm³/mol. The van der Waals surface area contributed by atoms with Gasteiger partial charge in [0.1, 0.15) is 16.9 Å². The number of hydrogen-bond acceptors (Lipinski definition) is 7. The Hall–Kier alpha value is -2.44. The molecule has 0 aliphatic heterocycles. The number of phenols is 1. The lowest BCUT2D eigenvalue weighted by Crippen LogP contribution is -2.14. The third-order valence-corrected chi connectivity index (χ3v) is 2.45. The first kappa shape index (κ1) is 14.6. The smallest absolute Gasteiger partial charge is 0.342 e. The van der Waals surface area contributed by atoms with E-state index in [-0.39, 0.29) is 22.6 Å². The SMILES string of the molecule is COC(=O)c1c(OC)cc(OC)c(O)c1C(=O)OC. The Morgan fingerprint density at radius 1 is 0.895 bits per heavy atom. The zero-order valence-electron chi connectivity index (χ0n) is 11.0. The maximum atomic E-state index is 11.7. The lowest BCUT2D eigenvalue weighted by Gasteiger charge is -2.15. The van der Waals surface area contributed by atoms with Crippen molar-refractivity contribution in [3.05, 3.63) is 17.2 Å². The molecule has 0 saturated carbocycles. The second-order valence-corrected chi connectivity index (χ2v) is 3.36. The Balaban J connectivity index is 3.69. The summed E-state index contributed by atoms with van der Waals surface area (Å²) >= 11 is 0. The molecule has 0 spiro atoms. The maximum absolute atomic E-state index is 11.7. The Kier molecular flexibility index (Phi) is 4.57. The second-order valence-electron chi connectivity index (χ2n) is 3.36. The van der Waals surface area contributed by atoms with Crippen LogP contribution in [0.1, 0.15) is 20.7 Å². The highest BCUT2D eigenvalue weighted by Gasteiger charge is 2.29. The van der Waals surface area contributed by atoms with E-state index in [2.05, 4.69) is 9.47 Å². The van der Waals surface area contributed by atoms with Gasteiger partial charge in [0.15, 0.2) is 11.5 Å².